The van der Waals surface area contributed by atoms with E-state index in [-0.39, 0.29) is 27.7 Å². The van der Waals surface area contributed by atoms with Gasteiger partial charge in [-0.05, 0) is 67.3 Å². The van der Waals surface area contributed by atoms with Crippen LogP contribution in [0.1, 0.15) is 37.3 Å². The minimum atomic E-state index is -3.99. The summed E-state index contributed by atoms with van der Waals surface area (Å²) in [5.74, 6) is -0.0351. The molecule has 0 unspecified atom stereocenters. The summed E-state index contributed by atoms with van der Waals surface area (Å²) in [4.78, 5) is 25.2. The van der Waals surface area contributed by atoms with Gasteiger partial charge in [-0.1, -0.05) is 11.6 Å². The highest BCUT2D eigenvalue weighted by Gasteiger charge is 2.28. The van der Waals surface area contributed by atoms with E-state index in [1.54, 1.807) is 6.07 Å². The van der Waals surface area contributed by atoms with Crippen molar-refractivity contribution in [2.75, 3.05) is 11.9 Å². The number of rotatable bonds is 4. The van der Waals surface area contributed by atoms with Crippen LogP contribution in [0.4, 0.5) is 10.5 Å². The third-order valence-electron chi connectivity index (χ3n) is 6.46. The molecule has 1 aromatic carbocycles. The number of anilines is 1. The van der Waals surface area contributed by atoms with E-state index in [1.807, 2.05) is 16.9 Å². The van der Waals surface area contributed by atoms with E-state index in [2.05, 4.69) is 10.6 Å². The van der Waals surface area contributed by atoms with Crippen molar-refractivity contribution in [3.05, 3.63) is 50.6 Å². The number of aromatic hydroxyl groups is 1. The highest BCUT2D eigenvalue weighted by Crippen LogP contribution is 2.37. The third kappa shape index (κ3) is 4.23. The predicted molar refractivity (Wildman–Crippen MR) is 132 cm³/mol. The first-order valence-electron chi connectivity index (χ1n) is 11.0. The van der Waals surface area contributed by atoms with Crippen molar-refractivity contribution in [1.82, 2.24) is 14.6 Å². The number of thiophene rings is 1. The number of benzene rings is 1. The maximum Gasteiger partial charge on any atom is 0.328 e. The van der Waals surface area contributed by atoms with E-state index >= 15 is 0 Å². The van der Waals surface area contributed by atoms with Crippen LogP contribution >= 0.6 is 22.9 Å². The number of hydrogen-bond acceptors (Lipinski definition) is 7. The molecule has 0 saturated heterocycles. The summed E-state index contributed by atoms with van der Waals surface area (Å²) < 4.78 is 28.3. The quantitative estimate of drug-likeness (QED) is 0.414. The van der Waals surface area contributed by atoms with Gasteiger partial charge in [0.25, 0.3) is 15.6 Å². The monoisotopic (exact) mass is 522 g/mol. The van der Waals surface area contributed by atoms with E-state index in [4.69, 9.17) is 11.6 Å². The zero-order chi connectivity index (χ0) is 24.0. The molecule has 2 aromatic heterocycles. The Balaban J connectivity index is 1.26. The minimum Gasteiger partial charge on any atom is -0.494 e. The molecule has 1 saturated carbocycles. The molecule has 3 aromatic rings. The van der Waals surface area contributed by atoms with E-state index in [9.17, 15) is 23.1 Å². The number of aromatic nitrogens is 1. The van der Waals surface area contributed by atoms with Gasteiger partial charge in [-0.2, -0.15) is 0 Å². The van der Waals surface area contributed by atoms with Crippen molar-refractivity contribution < 1.29 is 18.3 Å². The maximum absolute atomic E-state index is 12.9. The molecule has 1 aliphatic heterocycles. The summed E-state index contributed by atoms with van der Waals surface area (Å²) in [5, 5.41) is 18.4. The Morgan fingerprint density at radius 2 is 1.91 bits per heavy atom. The first kappa shape index (κ1) is 23.0. The van der Waals surface area contributed by atoms with Crippen LogP contribution in [-0.4, -0.2) is 36.7 Å². The van der Waals surface area contributed by atoms with Crippen LogP contribution in [0, 0.1) is 0 Å². The lowest BCUT2D eigenvalue weighted by Crippen LogP contribution is -2.45. The zero-order valence-corrected chi connectivity index (χ0v) is 20.4. The van der Waals surface area contributed by atoms with Gasteiger partial charge in [-0.15, -0.1) is 11.3 Å². The van der Waals surface area contributed by atoms with E-state index < -0.39 is 16.1 Å². The van der Waals surface area contributed by atoms with Crippen LogP contribution in [-0.2, 0) is 16.4 Å². The molecule has 180 valence electrons. The standard InChI is InChI=1S/C22H23ClN4O5S2/c23-18-7-8-20(33-18)34(31,32)26-22(30)25-12-1-3-13(4-2-12)27-19(28)11-16-14-9-10-24-17(14)6-5-15(16)21(27)29/h5-8,11-13,24,29H,1-4,9-10H2,(H2,25,26,30). The molecule has 12 heteroatoms. The Kier molecular flexibility index (Phi) is 5.95. The molecule has 1 aliphatic carbocycles. The number of hydrogen-bond donors (Lipinski definition) is 4. The highest BCUT2D eigenvalue weighted by molar-refractivity contribution is 7.92. The molecule has 0 atom stereocenters. The first-order valence-corrected chi connectivity index (χ1v) is 13.6. The van der Waals surface area contributed by atoms with Gasteiger partial charge in [0.2, 0.25) is 5.88 Å². The predicted octanol–water partition coefficient (Wildman–Crippen LogP) is 3.56. The van der Waals surface area contributed by atoms with Crippen LogP contribution < -0.4 is 20.9 Å². The second kappa shape index (κ2) is 8.79. The van der Waals surface area contributed by atoms with E-state index in [0.717, 1.165) is 40.9 Å². The first-order chi connectivity index (χ1) is 16.2. The molecule has 3 heterocycles. The van der Waals surface area contributed by atoms with Crippen molar-refractivity contribution in [1.29, 1.82) is 0 Å². The molecule has 2 amide bonds. The van der Waals surface area contributed by atoms with Crippen LogP contribution in [0.2, 0.25) is 4.34 Å². The minimum absolute atomic E-state index is 0.0351. The number of urea groups is 1. The van der Waals surface area contributed by atoms with Gasteiger partial charge in [-0.25, -0.2) is 17.9 Å². The Hall–Kier alpha value is -2.76. The molecule has 5 rings (SSSR count). The molecule has 2 aliphatic rings. The van der Waals surface area contributed by atoms with Crippen LogP contribution in [0.5, 0.6) is 5.88 Å². The lowest BCUT2D eigenvalue weighted by molar-refractivity contribution is 0.229. The lowest BCUT2D eigenvalue weighted by Gasteiger charge is -2.31. The van der Waals surface area contributed by atoms with Gasteiger partial charge >= 0.3 is 6.03 Å². The maximum atomic E-state index is 12.9. The fourth-order valence-corrected chi connectivity index (χ4v) is 7.27. The number of amides is 2. The van der Waals surface area contributed by atoms with Gasteiger partial charge in [0.1, 0.15) is 4.21 Å². The largest absolute Gasteiger partial charge is 0.494 e. The summed E-state index contributed by atoms with van der Waals surface area (Å²) in [6.07, 6.45) is 3.01. The highest BCUT2D eigenvalue weighted by atomic mass is 35.5. The summed E-state index contributed by atoms with van der Waals surface area (Å²) >= 11 is 6.65. The number of fused-ring (bicyclic) bond motifs is 3. The van der Waals surface area contributed by atoms with Crippen molar-refractivity contribution in [3.63, 3.8) is 0 Å². The Labute approximate surface area is 204 Å². The fourth-order valence-electron chi connectivity index (χ4n) is 4.87. The SMILES string of the molecule is O=C(NC1CCC(n2c(O)c3ccc4c(c3cc2=O)CCN4)CC1)NS(=O)(=O)c1ccc(Cl)s1. The molecule has 0 radical (unpaired) electrons. The molecule has 9 nitrogen and oxygen atoms in total. The Morgan fingerprint density at radius 1 is 1.15 bits per heavy atom. The van der Waals surface area contributed by atoms with Gasteiger partial charge in [-0.3, -0.25) is 9.36 Å². The molecule has 4 N–H and O–H groups in total. The van der Waals surface area contributed by atoms with Crippen LogP contribution in [0.25, 0.3) is 10.8 Å². The summed E-state index contributed by atoms with van der Waals surface area (Å²) in [6, 6.07) is 6.89. The number of pyridine rings is 1. The molecular weight excluding hydrogens is 500 g/mol. The second-order valence-electron chi connectivity index (χ2n) is 8.55. The molecule has 0 spiro atoms. The lowest BCUT2D eigenvalue weighted by atomic mass is 9.90. The molecule has 0 bridgehead atoms. The van der Waals surface area contributed by atoms with Gasteiger partial charge in [0.05, 0.1) is 4.34 Å². The summed E-state index contributed by atoms with van der Waals surface area (Å²) in [7, 11) is -3.99. The number of nitrogens with one attached hydrogen (secondary N) is 3. The van der Waals surface area contributed by atoms with Gasteiger partial charge < -0.3 is 15.7 Å². The van der Waals surface area contributed by atoms with Crippen LogP contribution in [0.3, 0.4) is 0 Å². The Morgan fingerprint density at radius 3 is 2.62 bits per heavy atom. The molecular formula is C22H23ClN4O5S2. The summed E-state index contributed by atoms with van der Waals surface area (Å²) in [5.41, 5.74) is 1.80. The summed E-state index contributed by atoms with van der Waals surface area (Å²) in [6.45, 7) is 0.811. The van der Waals surface area contributed by atoms with Crippen molar-refractivity contribution >= 4 is 55.5 Å². The average molecular weight is 523 g/mol. The molecule has 34 heavy (non-hydrogen) atoms. The van der Waals surface area contributed by atoms with Gasteiger partial charge in [0, 0.05) is 35.8 Å². The van der Waals surface area contributed by atoms with Crippen LogP contribution in [0.15, 0.2) is 39.3 Å². The van der Waals surface area contributed by atoms with Gasteiger partial charge in [0.15, 0.2) is 0 Å². The zero-order valence-electron chi connectivity index (χ0n) is 18.0. The third-order valence-corrected chi connectivity index (χ3v) is 9.51. The second-order valence-corrected chi connectivity index (χ2v) is 12.2. The number of nitrogens with zero attached hydrogens (tertiary/aromatic N) is 1. The smallest absolute Gasteiger partial charge is 0.328 e. The van der Waals surface area contributed by atoms with E-state index in [1.165, 1.54) is 16.7 Å². The number of carbonyl (C=O) groups excluding carboxylic acids is 1. The topological polar surface area (TPSA) is 130 Å². The van der Waals surface area contributed by atoms with Crippen molar-refractivity contribution in [2.45, 2.75) is 48.4 Å². The van der Waals surface area contributed by atoms with Crippen molar-refractivity contribution in [3.8, 4) is 5.88 Å². The van der Waals surface area contributed by atoms with E-state index in [0.29, 0.717) is 35.4 Å². The van der Waals surface area contributed by atoms with Crippen molar-refractivity contribution in [2.24, 2.45) is 0 Å². The average Bonchev–Trinajstić information content (AvgIpc) is 3.44. The number of halogens is 1. The number of carbonyl (C=O) groups is 1. The fraction of sp³-hybridized carbons (Fsp3) is 0.364. The Bertz CT molecular complexity index is 1440. The number of sulfonamides is 1. The molecule has 1 fully saturated rings. The normalized spacial score (nSPS) is 20.0.